The molecule has 3 N–H and O–H groups in total. The molecule has 4 rings (SSSR count). The van der Waals surface area contributed by atoms with Gasteiger partial charge in [0.2, 0.25) is 0 Å². The van der Waals surface area contributed by atoms with Crippen molar-refractivity contribution in [3.05, 3.63) is 62.5 Å². The number of alkyl halides is 1. The van der Waals surface area contributed by atoms with Gasteiger partial charge in [0.05, 0.1) is 52.7 Å². The van der Waals surface area contributed by atoms with Crippen molar-refractivity contribution in [2.45, 2.75) is 38.3 Å². The third-order valence-corrected chi connectivity index (χ3v) is 9.26. The number of nitro groups is 1. The van der Waals surface area contributed by atoms with Crippen molar-refractivity contribution in [3.8, 4) is 0 Å². The van der Waals surface area contributed by atoms with Gasteiger partial charge in [-0.25, -0.2) is 4.39 Å². The third kappa shape index (κ3) is 4.45. The Labute approximate surface area is 231 Å². The van der Waals surface area contributed by atoms with Crippen LogP contribution in [0.15, 0.2) is 36.4 Å². The Bertz CT molecular complexity index is 1330. The summed E-state index contributed by atoms with van der Waals surface area (Å²) < 4.78 is 20.1. The van der Waals surface area contributed by atoms with Gasteiger partial charge < -0.3 is 20.3 Å². The van der Waals surface area contributed by atoms with Crippen LogP contribution in [0.4, 0.5) is 9.39 Å². The van der Waals surface area contributed by atoms with E-state index in [2.05, 4.69) is 5.32 Å². The summed E-state index contributed by atoms with van der Waals surface area (Å²) in [5, 5.41) is 34.8. The molecule has 5 unspecified atom stereocenters. The van der Waals surface area contributed by atoms with Gasteiger partial charge in [-0.05, 0) is 31.5 Å². The number of piperidine rings is 1. The molecule has 2 aliphatic rings. The molecule has 1 aromatic heterocycles. The maximum atomic E-state index is 14.4. The Morgan fingerprint density at radius 3 is 2.23 bits per heavy atom. The Morgan fingerprint density at radius 2 is 1.75 bits per heavy atom. The summed E-state index contributed by atoms with van der Waals surface area (Å²) in [4.78, 5) is 62.8. The molecule has 0 radical (unpaired) electrons. The SMILES string of the molecule is CCC1(C(=O)O)C(COCCN2C(=O)c3ccccc3C2=O)NC(CF)C(C)(C(=O)O)C1c1ccc([N+](=O)[O-])s1. The number of carboxylic acids is 2. The topological polar surface area (TPSA) is 176 Å². The van der Waals surface area contributed by atoms with Gasteiger partial charge >= 0.3 is 16.9 Å². The molecule has 14 heteroatoms. The van der Waals surface area contributed by atoms with Crippen LogP contribution >= 0.6 is 11.3 Å². The lowest BCUT2D eigenvalue weighted by Crippen LogP contribution is -2.71. The van der Waals surface area contributed by atoms with Crippen LogP contribution in [-0.4, -0.2) is 82.3 Å². The first-order chi connectivity index (χ1) is 18.9. The largest absolute Gasteiger partial charge is 0.481 e. The van der Waals surface area contributed by atoms with Gasteiger partial charge in [0.25, 0.3) is 11.8 Å². The van der Waals surface area contributed by atoms with Gasteiger partial charge in [0.1, 0.15) is 6.67 Å². The second-order valence-corrected chi connectivity index (χ2v) is 11.1. The van der Waals surface area contributed by atoms with Crippen LogP contribution in [0, 0.1) is 20.9 Å². The fraction of sp³-hybridized carbons (Fsp3) is 0.462. The third-order valence-electron chi connectivity index (χ3n) is 8.16. The maximum absolute atomic E-state index is 14.4. The molecule has 5 atom stereocenters. The summed E-state index contributed by atoms with van der Waals surface area (Å²) in [5.41, 5.74) is -3.32. The van der Waals surface area contributed by atoms with E-state index in [4.69, 9.17) is 4.74 Å². The molecule has 2 amide bonds. The number of carbonyl (C=O) groups is 4. The van der Waals surface area contributed by atoms with E-state index in [0.717, 1.165) is 4.90 Å². The summed E-state index contributed by atoms with van der Waals surface area (Å²) in [5.74, 6) is -5.15. The zero-order valence-corrected chi connectivity index (χ0v) is 22.5. The number of rotatable bonds is 11. The number of fused-ring (bicyclic) bond motifs is 1. The Kier molecular flexibility index (Phi) is 8.06. The first-order valence-electron chi connectivity index (χ1n) is 12.5. The molecule has 0 bridgehead atoms. The standard InChI is InChI=1S/C26H28FN3O9S/c1-3-26(24(35)36)18(13-39-11-10-29-21(31)14-6-4-5-7-15(14)22(29)32)28-17(12-27)25(2,23(33)34)20(26)16-8-9-19(40-16)30(37)38/h4-9,17-18,20,28H,3,10-13H2,1-2H3,(H,33,34)(H,35,36). The smallest absolute Gasteiger partial charge is 0.324 e. The van der Waals surface area contributed by atoms with Crippen LogP contribution in [0.5, 0.6) is 0 Å². The number of ether oxygens (including phenoxy) is 1. The molecule has 1 aromatic carbocycles. The summed E-state index contributed by atoms with van der Waals surface area (Å²) in [6.45, 7) is 1.04. The van der Waals surface area contributed by atoms with E-state index in [1.807, 2.05) is 0 Å². The fourth-order valence-corrected chi connectivity index (χ4v) is 7.16. The molecule has 40 heavy (non-hydrogen) atoms. The number of thiophene rings is 1. The van der Waals surface area contributed by atoms with E-state index in [1.165, 1.54) is 31.2 Å². The van der Waals surface area contributed by atoms with Gasteiger partial charge in [0, 0.05) is 22.9 Å². The highest BCUT2D eigenvalue weighted by atomic mass is 32.1. The van der Waals surface area contributed by atoms with Crippen LogP contribution < -0.4 is 5.32 Å². The number of nitrogens with zero attached hydrogens (tertiary/aromatic N) is 2. The van der Waals surface area contributed by atoms with E-state index in [-0.39, 0.29) is 47.2 Å². The summed E-state index contributed by atoms with van der Waals surface area (Å²) >= 11 is 0.658. The molecular weight excluding hydrogens is 549 g/mol. The van der Waals surface area contributed by atoms with Gasteiger partial charge in [-0.2, -0.15) is 0 Å². The van der Waals surface area contributed by atoms with Gasteiger partial charge in [-0.3, -0.25) is 34.2 Å². The van der Waals surface area contributed by atoms with Gasteiger partial charge in [-0.1, -0.05) is 30.4 Å². The second-order valence-electron chi connectivity index (χ2n) is 9.96. The highest BCUT2D eigenvalue weighted by Gasteiger charge is 2.67. The Morgan fingerprint density at radius 1 is 1.12 bits per heavy atom. The number of amides is 2. The van der Waals surface area contributed by atoms with Crippen molar-refractivity contribution in [1.82, 2.24) is 10.2 Å². The van der Waals surface area contributed by atoms with Crippen LogP contribution in [0.25, 0.3) is 0 Å². The summed E-state index contributed by atoms with van der Waals surface area (Å²) in [7, 11) is 0. The molecule has 12 nitrogen and oxygen atoms in total. The van der Waals surface area contributed by atoms with E-state index >= 15 is 0 Å². The fourth-order valence-electron chi connectivity index (χ4n) is 5.99. The highest BCUT2D eigenvalue weighted by Crippen LogP contribution is 2.58. The second kappa shape index (κ2) is 11.0. The van der Waals surface area contributed by atoms with Crippen molar-refractivity contribution in [2.75, 3.05) is 26.4 Å². The number of hydrogen-bond donors (Lipinski definition) is 3. The van der Waals surface area contributed by atoms with E-state index in [1.54, 1.807) is 19.1 Å². The van der Waals surface area contributed by atoms with Crippen LogP contribution in [-0.2, 0) is 14.3 Å². The molecule has 0 spiro atoms. The maximum Gasteiger partial charge on any atom is 0.324 e. The quantitative estimate of drug-likeness (QED) is 0.156. The molecule has 1 fully saturated rings. The minimum atomic E-state index is -1.99. The van der Waals surface area contributed by atoms with Crippen molar-refractivity contribution >= 4 is 40.1 Å². The molecule has 2 aliphatic heterocycles. The van der Waals surface area contributed by atoms with Gasteiger partial charge in [-0.15, -0.1) is 0 Å². The number of imide groups is 1. The zero-order chi connectivity index (χ0) is 29.4. The summed E-state index contributed by atoms with van der Waals surface area (Å²) in [6.07, 6.45) is -0.111. The monoisotopic (exact) mass is 577 g/mol. The van der Waals surface area contributed by atoms with Crippen LogP contribution in [0.3, 0.4) is 0 Å². The molecule has 1 saturated heterocycles. The number of carboxylic acid groups (broad SMARTS) is 2. The lowest BCUT2D eigenvalue weighted by molar-refractivity contribution is -0.380. The lowest BCUT2D eigenvalue weighted by Gasteiger charge is -2.56. The highest BCUT2D eigenvalue weighted by molar-refractivity contribution is 7.15. The van der Waals surface area contributed by atoms with E-state index in [0.29, 0.717) is 11.3 Å². The normalized spacial score (nSPS) is 28.0. The van der Waals surface area contributed by atoms with Crippen molar-refractivity contribution in [1.29, 1.82) is 0 Å². The van der Waals surface area contributed by atoms with Gasteiger partial charge in [0.15, 0.2) is 0 Å². The summed E-state index contributed by atoms with van der Waals surface area (Å²) in [6, 6.07) is 6.39. The van der Waals surface area contributed by atoms with Crippen molar-refractivity contribution in [2.24, 2.45) is 10.8 Å². The molecule has 3 heterocycles. The minimum absolute atomic E-state index is 0.111. The number of aliphatic carboxylic acids is 2. The average molecular weight is 578 g/mol. The predicted octanol–water partition coefficient (Wildman–Crippen LogP) is 2.93. The molecular formula is C26H28FN3O9S. The average Bonchev–Trinajstić information content (AvgIpc) is 3.50. The molecule has 0 saturated carbocycles. The van der Waals surface area contributed by atoms with Crippen LogP contribution in [0.1, 0.15) is 51.8 Å². The minimum Gasteiger partial charge on any atom is -0.481 e. The van der Waals surface area contributed by atoms with Crippen molar-refractivity contribution < 1.29 is 43.4 Å². The molecule has 0 aliphatic carbocycles. The van der Waals surface area contributed by atoms with Crippen LogP contribution in [0.2, 0.25) is 0 Å². The molecule has 2 aromatic rings. The number of hydrogen-bond acceptors (Lipinski definition) is 9. The Hall–Kier alpha value is -3.75. The first kappa shape index (κ1) is 29.2. The molecule has 214 valence electrons. The number of carbonyl (C=O) groups excluding carboxylic acids is 2. The number of nitrogens with one attached hydrogen (secondary N) is 1. The first-order valence-corrected chi connectivity index (χ1v) is 13.3. The Balaban J connectivity index is 1.63. The van der Waals surface area contributed by atoms with E-state index < -0.39 is 64.2 Å². The predicted molar refractivity (Wildman–Crippen MR) is 139 cm³/mol. The zero-order valence-electron chi connectivity index (χ0n) is 21.7. The lowest BCUT2D eigenvalue weighted by atomic mass is 9.52. The number of halogens is 1. The van der Waals surface area contributed by atoms with Crippen molar-refractivity contribution in [3.63, 3.8) is 0 Å². The van der Waals surface area contributed by atoms with E-state index in [9.17, 15) is 43.9 Å². The number of benzene rings is 1.